The van der Waals surface area contributed by atoms with Crippen molar-refractivity contribution >= 4 is 40.0 Å². The number of hydrogen-bond donors (Lipinski definition) is 4. The maximum Gasteiger partial charge on any atom is 0.490 e. The molecular weight excluding hydrogens is 538 g/mol. The van der Waals surface area contributed by atoms with E-state index in [1.807, 2.05) is 0 Å². The molecule has 1 saturated heterocycles. The lowest BCUT2D eigenvalue weighted by molar-refractivity contribution is -0.577. The van der Waals surface area contributed by atoms with Gasteiger partial charge in [-0.15, -0.1) is 0 Å². The molecule has 1 amide bonds. The summed E-state index contributed by atoms with van der Waals surface area (Å²) in [4.78, 5) is 26.0. The monoisotopic (exact) mass is 559 g/mol. The maximum absolute atomic E-state index is 13.1. The number of carbonyl (C=O) groups excluding carboxylic acids is 1. The summed E-state index contributed by atoms with van der Waals surface area (Å²) >= 11 is -1.42. The number of nitrogens with zero attached hydrogens (tertiary/aromatic N) is 3. The van der Waals surface area contributed by atoms with Crippen LogP contribution in [-0.4, -0.2) is 63.2 Å². The van der Waals surface area contributed by atoms with E-state index < -0.39 is 41.0 Å². The van der Waals surface area contributed by atoms with Gasteiger partial charge in [-0.3, -0.25) is 4.79 Å². The Morgan fingerprint density at radius 1 is 1.21 bits per heavy atom. The average Bonchev–Trinajstić information content (AvgIpc) is 3.08. The molecule has 4 N–H and O–H groups in total. The number of carbonyl (C=O) groups is 2. The lowest BCUT2D eigenvalue weighted by Gasteiger charge is -2.24. The quantitative estimate of drug-likeness (QED) is 0.160. The Morgan fingerprint density at radius 2 is 1.87 bits per heavy atom. The Balaban J connectivity index is 0.000000505. The summed E-state index contributed by atoms with van der Waals surface area (Å²) in [6.07, 6.45) is -3.88. The minimum absolute atomic E-state index is 0.0688. The average molecular weight is 559 g/mol. The summed E-state index contributed by atoms with van der Waals surface area (Å²) < 4.78 is 59.5. The molecule has 1 fully saturated rings. The van der Waals surface area contributed by atoms with Gasteiger partial charge < -0.3 is 30.6 Å². The number of alkyl halides is 3. The number of fused-ring (bicyclic) bond motifs is 1. The number of benzene rings is 1. The van der Waals surface area contributed by atoms with Crippen molar-refractivity contribution < 1.29 is 46.6 Å². The number of halogens is 4. The van der Waals surface area contributed by atoms with Gasteiger partial charge in [0.05, 0.1) is 23.3 Å². The molecule has 1 aliphatic rings. The van der Waals surface area contributed by atoms with Crippen molar-refractivity contribution in [1.82, 2.24) is 15.6 Å². The standard InChI is InChI=1S/C20H20FN5O4S.C2HF3O2/c21-14-5-3-13(4-6-14)12-23-20(28)16-18(27)17-15(2-1-9-25(17)29)19(24-16)26-10-7-22-8-11-31(26)30;3-2(4,5)1(6)7/h1-6,9,22,27H,7-8,10-12H2,(H,23,28);(H,6,7). The zero-order valence-electron chi connectivity index (χ0n) is 19.4. The van der Waals surface area contributed by atoms with Crippen molar-refractivity contribution in [2.24, 2.45) is 0 Å². The van der Waals surface area contributed by atoms with Gasteiger partial charge in [0.15, 0.2) is 17.7 Å². The summed E-state index contributed by atoms with van der Waals surface area (Å²) in [6.45, 7) is 1.53. The third kappa shape index (κ3) is 6.90. The number of nitrogens with one attached hydrogen (secondary N) is 2. The lowest BCUT2D eigenvalue weighted by atomic mass is 10.1. The Labute approximate surface area is 215 Å². The molecule has 11 nitrogen and oxygen atoms in total. The van der Waals surface area contributed by atoms with Crippen LogP contribution in [-0.2, 0) is 22.7 Å². The summed E-state index contributed by atoms with van der Waals surface area (Å²) in [5.74, 6) is -3.90. The molecule has 1 unspecified atom stereocenters. The Bertz CT molecular complexity index is 1310. The van der Waals surface area contributed by atoms with Crippen LogP contribution in [0.1, 0.15) is 16.1 Å². The van der Waals surface area contributed by atoms with E-state index in [4.69, 9.17) is 9.90 Å². The molecule has 4 rings (SSSR count). The zero-order valence-corrected chi connectivity index (χ0v) is 20.2. The minimum atomic E-state index is -5.08. The first-order chi connectivity index (χ1) is 17.9. The van der Waals surface area contributed by atoms with Crippen molar-refractivity contribution in [3.05, 3.63) is 64.9 Å². The number of rotatable bonds is 4. The number of aromatic hydroxyl groups is 1. The van der Waals surface area contributed by atoms with Gasteiger partial charge in [-0.25, -0.2) is 14.2 Å². The van der Waals surface area contributed by atoms with Crippen LogP contribution in [0.2, 0.25) is 0 Å². The molecule has 16 heteroatoms. The second-order valence-corrected chi connectivity index (χ2v) is 9.21. The van der Waals surface area contributed by atoms with E-state index in [1.165, 1.54) is 40.8 Å². The molecule has 0 spiro atoms. The molecular formula is C22H21F4N5O6S. The fourth-order valence-corrected chi connectivity index (χ4v) is 4.50. The fraction of sp³-hybridized carbons (Fsp3) is 0.273. The van der Waals surface area contributed by atoms with E-state index in [0.717, 1.165) is 0 Å². The number of carboxylic acid groups (broad SMARTS) is 1. The van der Waals surface area contributed by atoms with Gasteiger partial charge in [0.1, 0.15) is 11.6 Å². The number of amides is 1. The number of aromatic nitrogens is 2. The Kier molecular flexibility index (Phi) is 9.13. The second kappa shape index (κ2) is 12.1. The highest BCUT2D eigenvalue weighted by molar-refractivity contribution is 7.92. The van der Waals surface area contributed by atoms with Gasteiger partial charge in [-0.1, -0.05) is 12.1 Å². The predicted molar refractivity (Wildman–Crippen MR) is 127 cm³/mol. The third-order valence-electron chi connectivity index (χ3n) is 5.12. The van der Waals surface area contributed by atoms with Crippen LogP contribution in [0, 0.1) is 11.0 Å². The van der Waals surface area contributed by atoms with Gasteiger partial charge in [0.2, 0.25) is 5.75 Å². The van der Waals surface area contributed by atoms with E-state index in [9.17, 15) is 37.2 Å². The van der Waals surface area contributed by atoms with Crippen molar-refractivity contribution in [3.63, 3.8) is 0 Å². The van der Waals surface area contributed by atoms with Crippen LogP contribution in [0.3, 0.4) is 0 Å². The van der Waals surface area contributed by atoms with Gasteiger partial charge in [-0.2, -0.15) is 22.2 Å². The first-order valence-electron chi connectivity index (χ1n) is 10.8. The highest BCUT2D eigenvalue weighted by Crippen LogP contribution is 2.33. The molecule has 3 aromatic rings. The fourth-order valence-electron chi connectivity index (χ4n) is 3.33. The van der Waals surface area contributed by atoms with Gasteiger partial charge in [0, 0.05) is 25.7 Å². The van der Waals surface area contributed by atoms with E-state index in [2.05, 4.69) is 15.6 Å². The molecule has 3 heterocycles. The van der Waals surface area contributed by atoms with Crippen LogP contribution in [0.4, 0.5) is 23.4 Å². The summed E-state index contributed by atoms with van der Waals surface area (Å²) in [7, 11) is 0. The molecule has 0 saturated carbocycles. The highest BCUT2D eigenvalue weighted by Gasteiger charge is 2.38. The zero-order chi connectivity index (χ0) is 28.0. The molecule has 1 aliphatic heterocycles. The normalized spacial score (nSPS) is 15.8. The summed E-state index contributed by atoms with van der Waals surface area (Å²) in [5, 5.41) is 36.3. The molecule has 0 bridgehead atoms. The largest absolute Gasteiger partial charge is 0.618 e. The molecule has 1 atom stereocenters. The van der Waals surface area contributed by atoms with Crippen LogP contribution in [0.15, 0.2) is 42.6 Å². The lowest BCUT2D eigenvalue weighted by Crippen LogP contribution is -2.36. The first-order valence-corrected chi connectivity index (χ1v) is 12.1. The third-order valence-corrected chi connectivity index (χ3v) is 6.52. The Hall–Kier alpha value is -3.89. The molecule has 38 heavy (non-hydrogen) atoms. The van der Waals surface area contributed by atoms with Crippen LogP contribution in [0.25, 0.3) is 10.9 Å². The highest BCUT2D eigenvalue weighted by atomic mass is 32.2. The molecule has 0 radical (unpaired) electrons. The number of aliphatic carboxylic acids is 1. The van der Waals surface area contributed by atoms with E-state index >= 15 is 0 Å². The van der Waals surface area contributed by atoms with Crippen LogP contribution < -0.4 is 19.7 Å². The summed E-state index contributed by atoms with van der Waals surface area (Å²) in [6, 6.07) is 8.67. The molecule has 204 valence electrons. The number of anilines is 1. The summed E-state index contributed by atoms with van der Waals surface area (Å²) in [5.41, 5.74) is 0.164. The van der Waals surface area contributed by atoms with Crippen molar-refractivity contribution in [2.75, 3.05) is 29.7 Å². The molecule has 1 aromatic carbocycles. The second-order valence-electron chi connectivity index (χ2n) is 7.72. The van der Waals surface area contributed by atoms with Gasteiger partial charge in [0.25, 0.3) is 11.4 Å². The molecule has 2 aromatic heterocycles. The van der Waals surface area contributed by atoms with E-state index in [1.54, 1.807) is 6.07 Å². The van der Waals surface area contributed by atoms with E-state index in [-0.39, 0.29) is 23.6 Å². The maximum atomic E-state index is 13.1. The predicted octanol–water partition coefficient (Wildman–Crippen LogP) is 1.35. The van der Waals surface area contributed by atoms with Crippen LogP contribution in [0.5, 0.6) is 5.75 Å². The van der Waals surface area contributed by atoms with Gasteiger partial charge in [-0.05, 0) is 23.8 Å². The number of pyridine rings is 2. The Morgan fingerprint density at radius 3 is 2.50 bits per heavy atom. The topological polar surface area (TPSA) is 165 Å². The number of carboxylic acids is 1. The first kappa shape index (κ1) is 28.7. The van der Waals surface area contributed by atoms with Crippen molar-refractivity contribution in [3.8, 4) is 5.75 Å². The smallest absolute Gasteiger partial charge is 0.490 e. The van der Waals surface area contributed by atoms with Gasteiger partial charge >= 0.3 is 12.1 Å². The SMILES string of the molecule is O=C(NCc1ccc(F)cc1)c1nc(N2CCNCC[S+]2[O-])c2ccc[n+]([O-])c2c1O.O=C(O)C(F)(F)F. The molecule has 0 aliphatic carbocycles. The van der Waals surface area contributed by atoms with Crippen molar-refractivity contribution in [1.29, 1.82) is 0 Å². The van der Waals surface area contributed by atoms with Crippen LogP contribution >= 0.6 is 0 Å². The number of hydrogen-bond acceptors (Lipinski definition) is 8. The van der Waals surface area contributed by atoms with Crippen molar-refractivity contribution in [2.45, 2.75) is 12.7 Å². The van der Waals surface area contributed by atoms with E-state index in [0.29, 0.717) is 41.1 Å². The minimum Gasteiger partial charge on any atom is -0.618 e.